The molecule has 0 bridgehead atoms. The van der Waals surface area contributed by atoms with Crippen molar-refractivity contribution in [3.05, 3.63) is 76.8 Å². The van der Waals surface area contributed by atoms with E-state index >= 15 is 0 Å². The number of nitrogens with zero attached hydrogens (tertiary/aromatic N) is 2. The molecule has 0 radical (unpaired) electrons. The molecule has 134 valence electrons. The highest BCUT2D eigenvalue weighted by Gasteiger charge is 2.15. The first-order valence-corrected chi connectivity index (χ1v) is 9.45. The van der Waals surface area contributed by atoms with Gasteiger partial charge in [-0.1, -0.05) is 59.2 Å². The highest BCUT2D eigenvalue weighted by molar-refractivity contribution is 7.14. The van der Waals surface area contributed by atoms with Gasteiger partial charge in [0.05, 0.1) is 18.3 Å². The standard InChI is InChI=1S/C20H14ClN3O2S/c21-16-8-6-13(7-9-16)17-12-27-20(23-17)24-18(25)10-15-11-22-26-19(15)14-4-2-1-3-5-14/h1-9,11-12H,10H2,(H,23,24,25). The van der Waals surface area contributed by atoms with Crippen molar-refractivity contribution in [2.24, 2.45) is 0 Å². The van der Waals surface area contributed by atoms with Gasteiger partial charge in [0.15, 0.2) is 10.9 Å². The van der Waals surface area contributed by atoms with Crippen LogP contribution >= 0.6 is 22.9 Å². The normalized spacial score (nSPS) is 10.7. The average Bonchev–Trinajstić information content (AvgIpc) is 3.33. The first kappa shape index (κ1) is 17.5. The molecule has 2 aromatic heterocycles. The molecule has 0 atom stereocenters. The van der Waals surface area contributed by atoms with E-state index in [0.29, 0.717) is 15.9 Å². The summed E-state index contributed by atoms with van der Waals surface area (Å²) in [5.74, 6) is 0.430. The quantitative estimate of drug-likeness (QED) is 0.498. The number of thiazole rings is 1. The van der Waals surface area contributed by atoms with E-state index in [-0.39, 0.29) is 12.3 Å². The fourth-order valence-electron chi connectivity index (χ4n) is 2.63. The first-order valence-electron chi connectivity index (χ1n) is 8.19. The number of nitrogens with one attached hydrogen (secondary N) is 1. The lowest BCUT2D eigenvalue weighted by atomic mass is 10.1. The molecule has 1 N–H and O–H groups in total. The molecule has 0 saturated carbocycles. The summed E-state index contributed by atoms with van der Waals surface area (Å²) >= 11 is 7.29. The third kappa shape index (κ3) is 4.07. The van der Waals surface area contributed by atoms with Crippen LogP contribution in [0.5, 0.6) is 0 Å². The van der Waals surface area contributed by atoms with E-state index in [1.54, 1.807) is 6.20 Å². The van der Waals surface area contributed by atoms with Crippen molar-refractivity contribution in [3.8, 4) is 22.6 Å². The Morgan fingerprint density at radius 2 is 1.85 bits per heavy atom. The van der Waals surface area contributed by atoms with Crippen molar-refractivity contribution in [3.63, 3.8) is 0 Å². The molecule has 2 heterocycles. The molecule has 2 aromatic carbocycles. The van der Waals surface area contributed by atoms with E-state index in [1.807, 2.05) is 60.0 Å². The maximum absolute atomic E-state index is 12.4. The van der Waals surface area contributed by atoms with Crippen LogP contribution in [0.2, 0.25) is 5.02 Å². The molecule has 0 fully saturated rings. The predicted molar refractivity (Wildman–Crippen MR) is 107 cm³/mol. The number of hydrogen-bond acceptors (Lipinski definition) is 5. The topological polar surface area (TPSA) is 68.0 Å². The number of rotatable bonds is 5. The number of carbonyl (C=O) groups excluding carboxylic acids is 1. The second-order valence-electron chi connectivity index (χ2n) is 5.82. The molecule has 7 heteroatoms. The Morgan fingerprint density at radius 3 is 2.63 bits per heavy atom. The minimum absolute atomic E-state index is 0.156. The first-order chi connectivity index (χ1) is 13.2. The van der Waals surface area contributed by atoms with E-state index in [1.165, 1.54) is 11.3 Å². The fraction of sp³-hybridized carbons (Fsp3) is 0.0500. The number of anilines is 1. The van der Waals surface area contributed by atoms with Gasteiger partial charge >= 0.3 is 0 Å². The van der Waals surface area contributed by atoms with Crippen LogP contribution in [0.4, 0.5) is 5.13 Å². The highest BCUT2D eigenvalue weighted by atomic mass is 35.5. The molecule has 27 heavy (non-hydrogen) atoms. The van der Waals surface area contributed by atoms with Gasteiger partial charge in [0.2, 0.25) is 5.91 Å². The number of halogens is 1. The highest BCUT2D eigenvalue weighted by Crippen LogP contribution is 2.27. The third-order valence-electron chi connectivity index (χ3n) is 3.92. The van der Waals surface area contributed by atoms with Crippen LogP contribution in [-0.4, -0.2) is 16.0 Å². The summed E-state index contributed by atoms with van der Waals surface area (Å²) in [5.41, 5.74) is 3.36. The van der Waals surface area contributed by atoms with Gasteiger partial charge in [-0.3, -0.25) is 4.79 Å². The van der Waals surface area contributed by atoms with E-state index in [0.717, 1.165) is 22.4 Å². The van der Waals surface area contributed by atoms with Crippen LogP contribution in [0.25, 0.3) is 22.6 Å². The van der Waals surface area contributed by atoms with Crippen LogP contribution in [0, 0.1) is 0 Å². The summed E-state index contributed by atoms with van der Waals surface area (Å²) in [6.45, 7) is 0. The molecule has 0 spiro atoms. The second-order valence-corrected chi connectivity index (χ2v) is 7.11. The Hall–Kier alpha value is -2.96. The van der Waals surface area contributed by atoms with Crippen LogP contribution in [-0.2, 0) is 11.2 Å². The monoisotopic (exact) mass is 395 g/mol. The van der Waals surface area contributed by atoms with Gasteiger partial charge in [-0.15, -0.1) is 11.3 Å². The third-order valence-corrected chi connectivity index (χ3v) is 4.93. The molecule has 1 amide bonds. The average molecular weight is 396 g/mol. The molecule has 4 aromatic rings. The molecular formula is C20H14ClN3O2S. The molecule has 0 aliphatic carbocycles. The zero-order chi connectivity index (χ0) is 18.6. The number of amides is 1. The molecule has 5 nitrogen and oxygen atoms in total. The Bertz CT molecular complexity index is 1060. The summed E-state index contributed by atoms with van der Waals surface area (Å²) < 4.78 is 5.32. The molecular weight excluding hydrogens is 382 g/mol. The molecule has 0 aliphatic rings. The number of aromatic nitrogens is 2. The van der Waals surface area contributed by atoms with Crippen molar-refractivity contribution in [1.29, 1.82) is 0 Å². The maximum Gasteiger partial charge on any atom is 0.230 e. The van der Waals surface area contributed by atoms with Gasteiger partial charge in [0.25, 0.3) is 0 Å². The van der Waals surface area contributed by atoms with E-state index in [9.17, 15) is 4.79 Å². The molecule has 4 rings (SSSR count). The number of hydrogen-bond donors (Lipinski definition) is 1. The second kappa shape index (κ2) is 7.73. The van der Waals surface area contributed by atoms with Crippen molar-refractivity contribution in [1.82, 2.24) is 10.1 Å². The van der Waals surface area contributed by atoms with Crippen LogP contribution in [0.1, 0.15) is 5.56 Å². The van der Waals surface area contributed by atoms with Crippen LogP contribution in [0.3, 0.4) is 0 Å². The summed E-state index contributed by atoms with van der Waals surface area (Å²) in [6.07, 6.45) is 1.73. The van der Waals surface area contributed by atoms with Crippen LogP contribution < -0.4 is 5.32 Å². The lowest BCUT2D eigenvalue weighted by Gasteiger charge is -2.02. The van der Waals surface area contributed by atoms with Crippen LogP contribution in [0.15, 0.2) is 70.7 Å². The Balaban J connectivity index is 1.45. The number of carbonyl (C=O) groups is 1. The lowest BCUT2D eigenvalue weighted by Crippen LogP contribution is -2.14. The molecule has 0 saturated heterocycles. The lowest BCUT2D eigenvalue weighted by molar-refractivity contribution is -0.115. The SMILES string of the molecule is O=C(Cc1cnoc1-c1ccccc1)Nc1nc(-c2ccc(Cl)cc2)cs1. The minimum atomic E-state index is -0.174. The Morgan fingerprint density at radius 1 is 1.07 bits per heavy atom. The van der Waals surface area contributed by atoms with E-state index < -0.39 is 0 Å². The molecule has 0 aliphatic heterocycles. The van der Waals surface area contributed by atoms with Crippen molar-refractivity contribution >= 4 is 34.0 Å². The predicted octanol–water partition coefficient (Wildman–Crippen LogP) is 5.30. The fourth-order valence-corrected chi connectivity index (χ4v) is 3.50. The zero-order valence-electron chi connectivity index (χ0n) is 14.1. The zero-order valence-corrected chi connectivity index (χ0v) is 15.6. The minimum Gasteiger partial charge on any atom is -0.356 e. The smallest absolute Gasteiger partial charge is 0.230 e. The molecule has 0 unspecified atom stereocenters. The van der Waals surface area contributed by atoms with Gasteiger partial charge in [0, 0.05) is 27.1 Å². The Labute approximate surface area is 164 Å². The van der Waals surface area contributed by atoms with Crippen molar-refractivity contribution in [2.75, 3.05) is 5.32 Å². The summed E-state index contributed by atoms with van der Waals surface area (Å²) in [5, 5.41) is 9.78. The van der Waals surface area contributed by atoms with E-state index in [2.05, 4.69) is 15.5 Å². The van der Waals surface area contributed by atoms with Crippen molar-refractivity contribution < 1.29 is 9.32 Å². The number of benzene rings is 2. The maximum atomic E-state index is 12.4. The van der Waals surface area contributed by atoms with Gasteiger partial charge in [-0.25, -0.2) is 4.98 Å². The summed E-state index contributed by atoms with van der Waals surface area (Å²) in [6, 6.07) is 17.0. The summed E-state index contributed by atoms with van der Waals surface area (Å²) in [4.78, 5) is 16.9. The van der Waals surface area contributed by atoms with Crippen molar-refractivity contribution in [2.45, 2.75) is 6.42 Å². The van der Waals surface area contributed by atoms with Gasteiger partial charge < -0.3 is 9.84 Å². The van der Waals surface area contributed by atoms with Gasteiger partial charge in [-0.05, 0) is 12.1 Å². The van der Waals surface area contributed by atoms with E-state index in [4.69, 9.17) is 16.1 Å². The van der Waals surface area contributed by atoms with Gasteiger partial charge in [0.1, 0.15) is 0 Å². The Kier molecular flexibility index (Phi) is 5.00. The van der Waals surface area contributed by atoms with Gasteiger partial charge in [-0.2, -0.15) is 0 Å². The largest absolute Gasteiger partial charge is 0.356 e. The summed E-state index contributed by atoms with van der Waals surface area (Å²) in [7, 11) is 0.